The Morgan fingerprint density at radius 1 is 1.35 bits per heavy atom. The molecule has 3 N–H and O–H groups in total. The molecule has 1 aromatic heterocycles. The molecule has 0 unspecified atom stereocenters. The van der Waals surface area contributed by atoms with Crippen LogP contribution in [-0.4, -0.2) is 12.5 Å². The quantitative estimate of drug-likeness (QED) is 0.457. The third-order valence-electron chi connectivity index (χ3n) is 3.51. The summed E-state index contributed by atoms with van der Waals surface area (Å²) < 4.78 is 5.37. The predicted molar refractivity (Wildman–Crippen MR) is 84.7 cm³/mol. The van der Waals surface area contributed by atoms with E-state index in [9.17, 15) is 9.59 Å². The highest BCUT2D eigenvalue weighted by Gasteiger charge is 2.12. The van der Waals surface area contributed by atoms with Crippen LogP contribution in [0.15, 0.2) is 27.4 Å². The first-order chi connectivity index (χ1) is 11.0. The highest BCUT2D eigenvalue weighted by Crippen LogP contribution is 2.24. The van der Waals surface area contributed by atoms with Crippen LogP contribution in [0.5, 0.6) is 5.75 Å². The number of carbonyl (C=O) groups is 1. The molecule has 1 amide bonds. The fourth-order valence-corrected chi connectivity index (χ4v) is 2.35. The van der Waals surface area contributed by atoms with Gasteiger partial charge in [-0.15, -0.1) is 0 Å². The van der Waals surface area contributed by atoms with Crippen molar-refractivity contribution in [3.05, 3.63) is 39.7 Å². The molecule has 0 radical (unpaired) electrons. The van der Waals surface area contributed by atoms with Crippen LogP contribution in [0.4, 0.5) is 0 Å². The van der Waals surface area contributed by atoms with Gasteiger partial charge in [-0.25, -0.2) is 10.7 Å². The van der Waals surface area contributed by atoms with E-state index in [0.29, 0.717) is 29.9 Å². The number of benzene rings is 1. The summed E-state index contributed by atoms with van der Waals surface area (Å²) >= 11 is 0. The standard InChI is InChI=1S/C16H20N2O5/c1-10-13-7-6-12(23-18-11(2)19)9-15(13)22-16(20)14(10)5-3-4-8-21-17/h6-7,9H,3-5,8,17H2,1-2H3,(H,18,19). The first-order valence-corrected chi connectivity index (χ1v) is 7.34. The maximum atomic E-state index is 12.2. The van der Waals surface area contributed by atoms with E-state index in [0.717, 1.165) is 23.8 Å². The molecule has 0 fully saturated rings. The zero-order chi connectivity index (χ0) is 16.8. The lowest BCUT2D eigenvalue weighted by Gasteiger charge is -2.09. The van der Waals surface area contributed by atoms with Gasteiger partial charge in [-0.05, 0) is 43.9 Å². The largest absolute Gasteiger partial charge is 0.422 e. The molecule has 0 saturated heterocycles. The number of carbonyl (C=O) groups excluding carboxylic acids is 1. The van der Waals surface area contributed by atoms with E-state index in [1.165, 1.54) is 6.92 Å². The van der Waals surface area contributed by atoms with Gasteiger partial charge in [-0.3, -0.25) is 4.79 Å². The number of rotatable bonds is 7. The monoisotopic (exact) mass is 320 g/mol. The van der Waals surface area contributed by atoms with Crippen molar-refractivity contribution in [2.45, 2.75) is 33.1 Å². The minimum atomic E-state index is -0.361. The Kier molecular flexibility index (Phi) is 5.72. The minimum Gasteiger partial charge on any atom is -0.422 e. The van der Waals surface area contributed by atoms with E-state index in [-0.39, 0.29) is 11.5 Å². The van der Waals surface area contributed by atoms with Gasteiger partial charge in [0.05, 0.1) is 6.61 Å². The van der Waals surface area contributed by atoms with Gasteiger partial charge in [-0.2, -0.15) is 5.48 Å². The third-order valence-corrected chi connectivity index (χ3v) is 3.51. The SMILES string of the molecule is CC(=O)NOc1ccc2c(C)c(CCCCON)c(=O)oc2c1. The lowest BCUT2D eigenvalue weighted by molar-refractivity contribution is -0.125. The van der Waals surface area contributed by atoms with Crippen molar-refractivity contribution in [1.29, 1.82) is 0 Å². The van der Waals surface area contributed by atoms with Crippen molar-refractivity contribution in [3.8, 4) is 5.75 Å². The highest BCUT2D eigenvalue weighted by atomic mass is 16.7. The fraction of sp³-hybridized carbons (Fsp3) is 0.375. The molecule has 124 valence electrons. The second-order valence-electron chi connectivity index (χ2n) is 5.24. The number of hydrogen-bond donors (Lipinski definition) is 2. The molecule has 0 aliphatic rings. The lowest BCUT2D eigenvalue weighted by atomic mass is 10.0. The summed E-state index contributed by atoms with van der Waals surface area (Å²) in [5.41, 5.74) is 3.83. The maximum absolute atomic E-state index is 12.2. The number of aryl methyl sites for hydroxylation is 1. The molecule has 2 aromatic rings. The molecule has 0 bridgehead atoms. The van der Waals surface area contributed by atoms with Gasteiger partial charge in [0.25, 0.3) is 0 Å². The summed E-state index contributed by atoms with van der Waals surface area (Å²) in [6.07, 6.45) is 2.17. The van der Waals surface area contributed by atoms with Crippen molar-refractivity contribution in [2.75, 3.05) is 6.61 Å². The van der Waals surface area contributed by atoms with Crippen LogP contribution in [0.2, 0.25) is 0 Å². The van der Waals surface area contributed by atoms with E-state index >= 15 is 0 Å². The molecule has 0 aliphatic carbocycles. The summed E-state index contributed by atoms with van der Waals surface area (Å²) in [4.78, 5) is 32.6. The van der Waals surface area contributed by atoms with Gasteiger partial charge >= 0.3 is 5.63 Å². The molecule has 7 heteroatoms. The van der Waals surface area contributed by atoms with Crippen molar-refractivity contribution in [2.24, 2.45) is 5.90 Å². The smallest absolute Gasteiger partial charge is 0.339 e. The van der Waals surface area contributed by atoms with Gasteiger partial charge in [-0.1, -0.05) is 0 Å². The highest BCUT2D eigenvalue weighted by molar-refractivity contribution is 5.82. The summed E-state index contributed by atoms with van der Waals surface area (Å²) in [6, 6.07) is 5.08. The summed E-state index contributed by atoms with van der Waals surface area (Å²) in [5, 5.41) is 0.838. The molecule has 0 atom stereocenters. The summed E-state index contributed by atoms with van der Waals surface area (Å²) in [7, 11) is 0. The van der Waals surface area contributed by atoms with Crippen LogP contribution in [0.25, 0.3) is 11.0 Å². The first kappa shape index (κ1) is 17.0. The van der Waals surface area contributed by atoms with E-state index in [1.54, 1.807) is 18.2 Å². The molecule has 1 heterocycles. The lowest BCUT2D eigenvalue weighted by Crippen LogP contribution is -2.23. The fourth-order valence-electron chi connectivity index (χ4n) is 2.35. The second-order valence-corrected chi connectivity index (χ2v) is 5.24. The van der Waals surface area contributed by atoms with Crippen molar-refractivity contribution < 1.29 is 18.9 Å². The van der Waals surface area contributed by atoms with E-state index in [1.807, 2.05) is 6.92 Å². The van der Waals surface area contributed by atoms with Crippen LogP contribution in [-0.2, 0) is 16.1 Å². The Morgan fingerprint density at radius 3 is 2.83 bits per heavy atom. The Labute approximate surface area is 133 Å². The van der Waals surface area contributed by atoms with Crippen LogP contribution in [0.1, 0.15) is 30.9 Å². The van der Waals surface area contributed by atoms with Gasteiger partial charge in [0.2, 0.25) is 5.91 Å². The zero-order valence-corrected chi connectivity index (χ0v) is 13.2. The van der Waals surface area contributed by atoms with E-state index in [2.05, 4.69) is 10.3 Å². The van der Waals surface area contributed by atoms with Crippen molar-refractivity contribution in [1.82, 2.24) is 5.48 Å². The Bertz CT molecular complexity index is 754. The Hall–Kier alpha value is -2.38. The van der Waals surface area contributed by atoms with Gasteiger partial charge < -0.3 is 14.1 Å². The Balaban J connectivity index is 2.26. The van der Waals surface area contributed by atoms with Crippen LogP contribution >= 0.6 is 0 Å². The normalized spacial score (nSPS) is 10.7. The number of amides is 1. The number of fused-ring (bicyclic) bond motifs is 1. The minimum absolute atomic E-state index is 0.320. The van der Waals surface area contributed by atoms with Crippen molar-refractivity contribution >= 4 is 16.9 Å². The molecule has 23 heavy (non-hydrogen) atoms. The van der Waals surface area contributed by atoms with E-state index < -0.39 is 0 Å². The molecule has 0 saturated carbocycles. The number of nitrogens with two attached hydrogens (primary N) is 1. The molecule has 7 nitrogen and oxygen atoms in total. The topological polar surface area (TPSA) is 104 Å². The number of unbranched alkanes of at least 4 members (excludes halogenated alkanes) is 1. The Morgan fingerprint density at radius 2 is 2.13 bits per heavy atom. The zero-order valence-electron chi connectivity index (χ0n) is 13.2. The van der Waals surface area contributed by atoms with Crippen LogP contribution in [0.3, 0.4) is 0 Å². The molecule has 1 aromatic carbocycles. The molecular weight excluding hydrogens is 300 g/mol. The third kappa shape index (κ3) is 4.30. The molecule has 0 spiro atoms. The van der Waals surface area contributed by atoms with E-state index in [4.69, 9.17) is 15.2 Å². The number of hydroxylamine groups is 1. The second kappa shape index (κ2) is 7.75. The number of hydrogen-bond acceptors (Lipinski definition) is 6. The average molecular weight is 320 g/mol. The number of nitrogens with one attached hydrogen (secondary N) is 1. The maximum Gasteiger partial charge on any atom is 0.339 e. The van der Waals surface area contributed by atoms with Gasteiger partial charge in [0.1, 0.15) is 5.58 Å². The van der Waals surface area contributed by atoms with Gasteiger partial charge in [0.15, 0.2) is 5.75 Å². The predicted octanol–water partition coefficient (Wildman–Crippen LogP) is 1.74. The first-order valence-electron chi connectivity index (χ1n) is 7.34. The summed E-state index contributed by atoms with van der Waals surface area (Å²) in [5.74, 6) is 5.05. The van der Waals surface area contributed by atoms with Crippen LogP contribution in [0, 0.1) is 6.92 Å². The van der Waals surface area contributed by atoms with Crippen LogP contribution < -0.4 is 21.8 Å². The molecular formula is C16H20N2O5. The van der Waals surface area contributed by atoms with Crippen molar-refractivity contribution in [3.63, 3.8) is 0 Å². The van der Waals surface area contributed by atoms with Gasteiger partial charge in [0, 0.05) is 23.9 Å². The summed E-state index contributed by atoms with van der Waals surface area (Å²) in [6.45, 7) is 3.69. The molecule has 0 aliphatic heterocycles. The average Bonchev–Trinajstić information content (AvgIpc) is 2.51. The molecule has 2 rings (SSSR count).